The Kier molecular flexibility index (Phi) is 1.53. The Morgan fingerprint density at radius 3 is 2.26 bits per heavy atom. The van der Waals surface area contributed by atoms with Gasteiger partial charge in [-0.05, 0) is 50.8 Å². The molecule has 1 aliphatic rings. The number of hydrogen-bond donors (Lipinski definition) is 0. The topological polar surface area (TPSA) is 31.4 Å². The Bertz CT molecular complexity index is 688. The second kappa shape index (κ2) is 4.32. The van der Waals surface area contributed by atoms with Gasteiger partial charge in [0.1, 0.15) is 0 Å². The van der Waals surface area contributed by atoms with Crippen LogP contribution in [0.1, 0.15) is 66.2 Å². The highest BCUT2D eigenvalue weighted by Gasteiger charge is 2.52. The van der Waals surface area contributed by atoms with E-state index in [0.717, 1.165) is 12.1 Å². The SMILES string of the molecule is [2H]C([2H])([2H])C(c1ccnc(B2OC(C)(C)C(C)(C)O2)c1)(C([2H])([2H])[2H])C([2H])([2H])[2H]. The van der Waals surface area contributed by atoms with Gasteiger partial charge in [0.05, 0.1) is 16.8 Å². The van der Waals surface area contributed by atoms with Gasteiger partial charge in [0.25, 0.3) is 0 Å². The predicted octanol–water partition coefficient (Wildman–Crippen LogP) is 2.68. The molecule has 0 aromatic carbocycles. The number of aromatic nitrogens is 1. The molecule has 2 heterocycles. The Morgan fingerprint density at radius 2 is 1.74 bits per heavy atom. The first-order valence-corrected chi connectivity index (χ1v) is 6.10. The van der Waals surface area contributed by atoms with Gasteiger partial charge in [0, 0.05) is 18.5 Å². The van der Waals surface area contributed by atoms with E-state index in [0.29, 0.717) is 0 Å². The Morgan fingerprint density at radius 1 is 1.16 bits per heavy atom. The molecule has 1 aromatic heterocycles. The highest BCUT2D eigenvalue weighted by Crippen LogP contribution is 2.36. The predicted molar refractivity (Wildman–Crippen MR) is 78.7 cm³/mol. The van der Waals surface area contributed by atoms with Crippen molar-refractivity contribution in [2.24, 2.45) is 0 Å². The first-order valence-electron chi connectivity index (χ1n) is 10.6. The molecule has 19 heavy (non-hydrogen) atoms. The van der Waals surface area contributed by atoms with E-state index in [2.05, 4.69) is 4.98 Å². The van der Waals surface area contributed by atoms with Crippen molar-refractivity contribution in [3.63, 3.8) is 0 Å². The molecule has 0 radical (unpaired) electrons. The summed E-state index contributed by atoms with van der Waals surface area (Å²) in [6, 6.07) is 2.26. The molecule has 0 N–H and O–H groups in total. The van der Waals surface area contributed by atoms with Crippen LogP contribution in [0.4, 0.5) is 0 Å². The van der Waals surface area contributed by atoms with Crippen LogP contribution in [-0.2, 0) is 14.7 Å². The van der Waals surface area contributed by atoms with Crippen LogP contribution in [0, 0.1) is 0 Å². The monoisotopic (exact) mass is 270 g/mol. The van der Waals surface area contributed by atoms with E-state index in [-0.39, 0.29) is 11.2 Å². The van der Waals surface area contributed by atoms with Crippen molar-refractivity contribution in [3.8, 4) is 0 Å². The third kappa shape index (κ3) is 2.70. The van der Waals surface area contributed by atoms with Crippen molar-refractivity contribution >= 4 is 12.7 Å². The molecule has 1 aliphatic heterocycles. The van der Waals surface area contributed by atoms with E-state index in [9.17, 15) is 0 Å². The fourth-order valence-corrected chi connectivity index (χ4v) is 1.77. The summed E-state index contributed by atoms with van der Waals surface area (Å²) >= 11 is 0. The molecule has 1 saturated heterocycles. The van der Waals surface area contributed by atoms with Crippen molar-refractivity contribution in [3.05, 3.63) is 23.9 Å². The number of hydrogen-bond acceptors (Lipinski definition) is 3. The summed E-state index contributed by atoms with van der Waals surface area (Å²) in [6.45, 7) is -2.75. The van der Waals surface area contributed by atoms with E-state index >= 15 is 0 Å². The lowest BCUT2D eigenvalue weighted by atomic mass is 9.79. The van der Waals surface area contributed by atoms with E-state index in [1.807, 2.05) is 27.7 Å². The molecule has 3 nitrogen and oxygen atoms in total. The maximum Gasteiger partial charge on any atom is 0.514 e. The quantitative estimate of drug-likeness (QED) is 0.735. The van der Waals surface area contributed by atoms with Gasteiger partial charge in [-0.2, -0.15) is 0 Å². The summed E-state index contributed by atoms with van der Waals surface area (Å²) in [5.41, 5.74) is -4.77. The van der Waals surface area contributed by atoms with Gasteiger partial charge in [-0.15, -0.1) is 0 Å². The number of rotatable bonds is 1. The van der Waals surface area contributed by atoms with E-state index in [1.165, 1.54) is 6.20 Å². The van der Waals surface area contributed by atoms with Crippen LogP contribution in [0.15, 0.2) is 18.3 Å². The van der Waals surface area contributed by atoms with Crippen molar-refractivity contribution in [2.75, 3.05) is 0 Å². The zero-order valence-corrected chi connectivity index (χ0v) is 11.6. The summed E-state index contributed by atoms with van der Waals surface area (Å²) < 4.78 is 82.1. The normalized spacial score (nSPS) is 30.7. The molecule has 4 heteroatoms. The second-order valence-corrected chi connectivity index (χ2v) is 5.81. The fourth-order valence-electron chi connectivity index (χ4n) is 1.77. The van der Waals surface area contributed by atoms with Crippen molar-refractivity contribution in [2.45, 2.75) is 64.9 Å². The lowest BCUT2D eigenvalue weighted by Gasteiger charge is -2.32. The minimum atomic E-state index is -3.34. The summed E-state index contributed by atoms with van der Waals surface area (Å²) in [6.07, 6.45) is 1.17. The second-order valence-electron chi connectivity index (χ2n) is 5.81. The highest BCUT2D eigenvalue weighted by molar-refractivity contribution is 6.61. The largest absolute Gasteiger partial charge is 0.514 e. The molecule has 0 bridgehead atoms. The molecule has 0 saturated carbocycles. The Labute approximate surface area is 129 Å². The van der Waals surface area contributed by atoms with E-state index < -0.39 is 44.3 Å². The molecule has 0 spiro atoms. The maximum absolute atomic E-state index is 7.82. The minimum absolute atomic E-state index is 0.110. The summed E-state index contributed by atoms with van der Waals surface area (Å²) in [7, 11) is -0.993. The smallest absolute Gasteiger partial charge is 0.398 e. The third-order valence-corrected chi connectivity index (χ3v) is 3.71. The average molecular weight is 270 g/mol. The van der Waals surface area contributed by atoms with Crippen LogP contribution >= 0.6 is 0 Å². The molecule has 1 fully saturated rings. The zero-order valence-electron chi connectivity index (χ0n) is 20.6. The first-order chi connectivity index (χ1) is 12.3. The molecular weight excluding hydrogens is 237 g/mol. The van der Waals surface area contributed by atoms with Crippen LogP contribution in [-0.4, -0.2) is 23.3 Å². The third-order valence-electron chi connectivity index (χ3n) is 3.71. The maximum atomic E-state index is 7.82. The summed E-state index contributed by atoms with van der Waals surface area (Å²) in [5.74, 6) is 0. The molecule has 0 atom stereocenters. The number of nitrogens with zero attached hydrogens (tertiary/aromatic N) is 1. The number of pyridine rings is 1. The molecule has 2 rings (SSSR count). The molecular formula is C15H24BNO2. The van der Waals surface area contributed by atoms with Crippen molar-refractivity contribution in [1.29, 1.82) is 0 Å². The molecule has 104 valence electrons. The molecule has 0 amide bonds. The lowest BCUT2D eigenvalue weighted by Crippen LogP contribution is -2.41. The zero-order chi connectivity index (χ0) is 22.0. The molecule has 0 unspecified atom stereocenters. The average Bonchev–Trinajstić information content (AvgIpc) is 2.63. The van der Waals surface area contributed by atoms with Gasteiger partial charge in [0.2, 0.25) is 0 Å². The van der Waals surface area contributed by atoms with Gasteiger partial charge in [-0.3, -0.25) is 4.98 Å². The Balaban J connectivity index is 2.68. The van der Waals surface area contributed by atoms with E-state index in [4.69, 9.17) is 21.6 Å². The van der Waals surface area contributed by atoms with E-state index in [1.54, 1.807) is 0 Å². The van der Waals surface area contributed by atoms with Gasteiger partial charge in [-0.1, -0.05) is 20.6 Å². The minimum Gasteiger partial charge on any atom is -0.398 e. The lowest BCUT2D eigenvalue weighted by molar-refractivity contribution is 0.00578. The van der Waals surface area contributed by atoms with Crippen LogP contribution in [0.3, 0.4) is 0 Å². The van der Waals surface area contributed by atoms with Crippen LogP contribution in [0.2, 0.25) is 0 Å². The summed E-state index contributed by atoms with van der Waals surface area (Å²) in [5, 5.41) is 0. The van der Waals surface area contributed by atoms with Gasteiger partial charge >= 0.3 is 7.12 Å². The van der Waals surface area contributed by atoms with Gasteiger partial charge in [-0.25, -0.2) is 0 Å². The van der Waals surface area contributed by atoms with Crippen LogP contribution in [0.5, 0.6) is 0 Å². The molecule has 1 aromatic rings. The standard InChI is InChI=1S/C15H24BNO2/c1-13(2,3)11-8-9-17-12(10-11)16-18-14(4,5)15(6,7)19-16/h8-10H,1-7H3/i1D3,2D3,3D3. The summed E-state index contributed by atoms with van der Waals surface area (Å²) in [4.78, 5) is 4.11. The van der Waals surface area contributed by atoms with Crippen molar-refractivity contribution in [1.82, 2.24) is 4.98 Å². The first kappa shape index (κ1) is 6.73. The molecule has 0 aliphatic carbocycles. The van der Waals surface area contributed by atoms with Crippen LogP contribution < -0.4 is 5.59 Å². The van der Waals surface area contributed by atoms with Gasteiger partial charge in [0.15, 0.2) is 0 Å². The van der Waals surface area contributed by atoms with Crippen LogP contribution in [0.25, 0.3) is 0 Å². The Hall–Kier alpha value is -0.865. The van der Waals surface area contributed by atoms with Crippen molar-refractivity contribution < 1.29 is 21.6 Å². The van der Waals surface area contributed by atoms with Gasteiger partial charge < -0.3 is 9.31 Å². The highest BCUT2D eigenvalue weighted by atomic mass is 16.7. The fraction of sp³-hybridized carbons (Fsp3) is 0.667.